The van der Waals surface area contributed by atoms with E-state index in [2.05, 4.69) is 5.32 Å². The number of hydrogen-bond donors (Lipinski definition) is 1. The van der Waals surface area contributed by atoms with Crippen molar-refractivity contribution < 1.29 is 37.4 Å². The van der Waals surface area contributed by atoms with Crippen molar-refractivity contribution in [2.24, 2.45) is 0 Å². The number of nitrogens with zero attached hydrogens (tertiary/aromatic N) is 1. The number of esters is 2. The van der Waals surface area contributed by atoms with Crippen LogP contribution in [0.5, 0.6) is 0 Å². The average molecular weight is 467 g/mol. The van der Waals surface area contributed by atoms with Crippen LogP contribution >= 0.6 is 11.6 Å². The number of hydrogen-bond acceptors (Lipinski definition) is 7. The summed E-state index contributed by atoms with van der Waals surface area (Å²) in [6, 6.07) is 7.58. The number of benzene rings is 2. The Balaban J connectivity index is 1.94. The zero-order valence-electron chi connectivity index (χ0n) is 16.9. The van der Waals surface area contributed by atoms with Gasteiger partial charge in [-0.2, -0.15) is 0 Å². The molecule has 2 aromatic carbocycles. The monoisotopic (exact) mass is 466 g/mol. The Morgan fingerprint density at radius 2 is 1.75 bits per heavy atom. The van der Waals surface area contributed by atoms with Crippen LogP contribution in [0.4, 0.5) is 20.2 Å². The Hall–Kier alpha value is -3.50. The third-order valence-corrected chi connectivity index (χ3v) is 4.82. The van der Waals surface area contributed by atoms with Gasteiger partial charge in [-0.25, -0.2) is 18.4 Å². The van der Waals surface area contributed by atoms with E-state index in [4.69, 9.17) is 25.8 Å². The van der Waals surface area contributed by atoms with Gasteiger partial charge in [-0.15, -0.1) is 0 Å². The van der Waals surface area contributed by atoms with Crippen LogP contribution in [-0.4, -0.2) is 45.4 Å². The average Bonchev–Trinajstić information content (AvgIpc) is 2.79. The molecule has 32 heavy (non-hydrogen) atoms. The predicted octanol–water partition coefficient (Wildman–Crippen LogP) is 3.26. The van der Waals surface area contributed by atoms with Crippen molar-refractivity contribution >= 4 is 40.8 Å². The van der Waals surface area contributed by atoms with Crippen LogP contribution < -0.4 is 10.2 Å². The van der Waals surface area contributed by atoms with E-state index in [9.17, 15) is 23.2 Å². The molecule has 0 radical (unpaired) electrons. The van der Waals surface area contributed by atoms with Gasteiger partial charge in [0.05, 0.1) is 37.0 Å². The van der Waals surface area contributed by atoms with Crippen LogP contribution in [0.2, 0.25) is 5.02 Å². The zero-order chi connectivity index (χ0) is 23.4. The van der Waals surface area contributed by atoms with Crippen molar-refractivity contribution in [3.63, 3.8) is 0 Å². The number of rotatable bonds is 5. The van der Waals surface area contributed by atoms with Crippen LogP contribution in [0, 0.1) is 11.6 Å². The van der Waals surface area contributed by atoms with E-state index in [-0.39, 0.29) is 40.9 Å². The summed E-state index contributed by atoms with van der Waals surface area (Å²) >= 11 is 5.85. The number of anilines is 2. The molecule has 1 heterocycles. The second kappa shape index (κ2) is 9.75. The van der Waals surface area contributed by atoms with Crippen LogP contribution in [0.15, 0.2) is 47.7 Å². The summed E-state index contributed by atoms with van der Waals surface area (Å²) in [6.07, 6.45) is 0. The molecule has 11 heteroatoms. The second-order valence-corrected chi connectivity index (χ2v) is 6.87. The first-order valence-corrected chi connectivity index (χ1v) is 9.45. The standard InChI is InChI=1S/C21H17ClF2N2O6/c1-30-20(28)14-9-32-10-26(18(14)21(29)31-2)12-5-3-4-11(6-12)25-19(27)13-7-16(23)17(24)8-15(13)22/h3-8H,9-10H2,1-2H3,(H,25,27). The first kappa shape index (κ1) is 23.2. The molecule has 1 amide bonds. The van der Waals surface area contributed by atoms with Crippen LogP contribution in [0.3, 0.4) is 0 Å². The number of carbonyl (C=O) groups is 3. The Morgan fingerprint density at radius 1 is 1.06 bits per heavy atom. The van der Waals surface area contributed by atoms with Gasteiger partial charge in [-0.1, -0.05) is 17.7 Å². The quantitative estimate of drug-likeness (QED) is 0.534. The maximum absolute atomic E-state index is 13.5. The lowest BCUT2D eigenvalue weighted by atomic mass is 10.1. The Kier molecular flexibility index (Phi) is 7.06. The summed E-state index contributed by atoms with van der Waals surface area (Å²) in [5, 5.41) is 2.26. The van der Waals surface area contributed by atoms with Gasteiger partial charge in [-0.05, 0) is 30.3 Å². The number of amides is 1. The normalized spacial score (nSPS) is 13.6. The third kappa shape index (κ3) is 4.71. The first-order valence-electron chi connectivity index (χ1n) is 9.07. The molecule has 168 valence electrons. The van der Waals surface area contributed by atoms with E-state index in [0.29, 0.717) is 17.8 Å². The fraction of sp³-hybridized carbons (Fsp3) is 0.190. The minimum atomic E-state index is -1.22. The SMILES string of the molecule is COC(=O)C1=C(C(=O)OC)N(c2cccc(NC(=O)c3cc(F)c(F)cc3Cl)c2)COC1. The van der Waals surface area contributed by atoms with Gasteiger partial charge >= 0.3 is 11.9 Å². The molecule has 0 aromatic heterocycles. The van der Waals surface area contributed by atoms with Gasteiger partial charge in [0.2, 0.25) is 0 Å². The minimum Gasteiger partial charge on any atom is -0.466 e. The van der Waals surface area contributed by atoms with Gasteiger partial charge in [0.15, 0.2) is 11.6 Å². The zero-order valence-corrected chi connectivity index (χ0v) is 17.7. The summed E-state index contributed by atoms with van der Waals surface area (Å²) in [7, 11) is 2.34. The lowest BCUT2D eigenvalue weighted by molar-refractivity contribution is -0.140. The van der Waals surface area contributed by atoms with Crippen molar-refractivity contribution in [2.75, 3.05) is 37.8 Å². The molecule has 0 spiro atoms. The number of ether oxygens (including phenoxy) is 3. The molecule has 0 saturated heterocycles. The highest BCUT2D eigenvalue weighted by atomic mass is 35.5. The summed E-state index contributed by atoms with van der Waals surface area (Å²) in [4.78, 5) is 38.4. The van der Waals surface area contributed by atoms with Gasteiger partial charge in [0.25, 0.3) is 5.91 Å². The van der Waals surface area contributed by atoms with E-state index < -0.39 is 29.5 Å². The summed E-state index contributed by atoms with van der Waals surface area (Å²) in [5.74, 6) is -4.71. The summed E-state index contributed by atoms with van der Waals surface area (Å²) in [5.41, 5.74) is 0.259. The van der Waals surface area contributed by atoms with Crippen molar-refractivity contribution in [1.29, 1.82) is 0 Å². The van der Waals surface area contributed by atoms with E-state index in [1.54, 1.807) is 12.1 Å². The molecule has 1 N–H and O–H groups in total. The highest BCUT2D eigenvalue weighted by Gasteiger charge is 2.32. The minimum absolute atomic E-state index is 0.0337. The van der Waals surface area contributed by atoms with Crippen LogP contribution in [-0.2, 0) is 23.8 Å². The molecule has 0 unspecified atom stereocenters. The number of nitrogens with one attached hydrogen (secondary N) is 1. The lowest BCUT2D eigenvalue weighted by Crippen LogP contribution is -2.38. The summed E-state index contributed by atoms with van der Waals surface area (Å²) in [6.45, 7) is -0.240. The molecular formula is C21H17ClF2N2O6. The molecular weight excluding hydrogens is 450 g/mol. The lowest BCUT2D eigenvalue weighted by Gasteiger charge is -2.31. The summed E-state index contributed by atoms with van der Waals surface area (Å²) < 4.78 is 41.7. The molecule has 2 aromatic rings. The van der Waals surface area contributed by atoms with Crippen molar-refractivity contribution in [1.82, 2.24) is 0 Å². The highest BCUT2D eigenvalue weighted by molar-refractivity contribution is 6.34. The molecule has 8 nitrogen and oxygen atoms in total. The third-order valence-electron chi connectivity index (χ3n) is 4.50. The Bertz CT molecular complexity index is 1120. The van der Waals surface area contributed by atoms with E-state index in [0.717, 1.165) is 0 Å². The number of methoxy groups -OCH3 is 2. The topological polar surface area (TPSA) is 94.2 Å². The number of halogens is 3. The molecule has 1 aliphatic heterocycles. The molecule has 0 atom stereocenters. The fourth-order valence-electron chi connectivity index (χ4n) is 2.99. The molecule has 0 aliphatic carbocycles. The Morgan fingerprint density at radius 3 is 2.44 bits per heavy atom. The fourth-order valence-corrected chi connectivity index (χ4v) is 3.23. The number of carbonyl (C=O) groups excluding carboxylic acids is 3. The van der Waals surface area contributed by atoms with Gasteiger partial charge in [0, 0.05) is 11.4 Å². The van der Waals surface area contributed by atoms with Crippen molar-refractivity contribution in [3.8, 4) is 0 Å². The predicted molar refractivity (Wildman–Crippen MR) is 110 cm³/mol. The van der Waals surface area contributed by atoms with Gasteiger partial charge < -0.3 is 24.4 Å². The molecule has 3 rings (SSSR count). The maximum atomic E-state index is 13.5. The first-order chi connectivity index (χ1) is 15.3. The van der Waals surface area contributed by atoms with E-state index in [1.165, 1.54) is 31.3 Å². The smallest absolute Gasteiger partial charge is 0.355 e. The highest BCUT2D eigenvalue weighted by Crippen LogP contribution is 2.29. The molecule has 0 saturated carbocycles. The van der Waals surface area contributed by atoms with E-state index >= 15 is 0 Å². The maximum Gasteiger partial charge on any atom is 0.355 e. The molecule has 0 fully saturated rings. The molecule has 0 bridgehead atoms. The molecule has 1 aliphatic rings. The Labute approximate surface area is 186 Å². The second-order valence-electron chi connectivity index (χ2n) is 6.47. The van der Waals surface area contributed by atoms with Crippen molar-refractivity contribution in [2.45, 2.75) is 0 Å². The van der Waals surface area contributed by atoms with Gasteiger partial charge in [-0.3, -0.25) is 4.79 Å². The largest absolute Gasteiger partial charge is 0.466 e. The van der Waals surface area contributed by atoms with Gasteiger partial charge in [0.1, 0.15) is 12.4 Å². The van der Waals surface area contributed by atoms with E-state index in [1.807, 2.05) is 0 Å². The van der Waals surface area contributed by atoms with Crippen LogP contribution in [0.1, 0.15) is 10.4 Å². The van der Waals surface area contributed by atoms with Crippen molar-refractivity contribution in [3.05, 3.63) is 69.9 Å². The van der Waals surface area contributed by atoms with Crippen LogP contribution in [0.25, 0.3) is 0 Å².